The van der Waals surface area contributed by atoms with Gasteiger partial charge in [-0.15, -0.1) is 0 Å². The second-order valence-electron chi connectivity index (χ2n) is 5.08. The number of ether oxygens (including phenoxy) is 1. The van der Waals surface area contributed by atoms with E-state index in [9.17, 15) is 0 Å². The van der Waals surface area contributed by atoms with Crippen LogP contribution in [-0.4, -0.2) is 16.5 Å². The Bertz CT molecular complexity index is 594. The van der Waals surface area contributed by atoms with Crippen molar-refractivity contribution in [3.8, 4) is 11.6 Å². The highest BCUT2D eigenvalue weighted by Crippen LogP contribution is 2.40. The molecular formula is C16H19N3O. The molecule has 0 atom stereocenters. The topological polar surface area (TPSA) is 47.0 Å². The molecule has 1 aromatic heterocycles. The van der Waals surface area contributed by atoms with Gasteiger partial charge in [-0.1, -0.05) is 18.2 Å². The van der Waals surface area contributed by atoms with Crippen molar-refractivity contribution < 1.29 is 4.74 Å². The van der Waals surface area contributed by atoms with Gasteiger partial charge in [-0.3, -0.25) is 0 Å². The SMILES string of the molecule is CCNc1nc(C2CC2)nc(Oc2ccccc2)c1C. The Balaban J connectivity index is 1.95. The third-order valence-corrected chi connectivity index (χ3v) is 3.36. The molecule has 0 radical (unpaired) electrons. The fourth-order valence-corrected chi connectivity index (χ4v) is 2.08. The molecule has 4 nitrogen and oxygen atoms in total. The lowest BCUT2D eigenvalue weighted by molar-refractivity contribution is 0.455. The Morgan fingerprint density at radius 3 is 2.60 bits per heavy atom. The van der Waals surface area contributed by atoms with Crippen molar-refractivity contribution in [3.63, 3.8) is 0 Å². The summed E-state index contributed by atoms with van der Waals surface area (Å²) in [5.41, 5.74) is 0.958. The molecule has 0 amide bonds. The van der Waals surface area contributed by atoms with E-state index in [2.05, 4.69) is 22.2 Å². The molecule has 1 aliphatic rings. The molecule has 0 bridgehead atoms. The van der Waals surface area contributed by atoms with E-state index in [1.165, 1.54) is 12.8 Å². The van der Waals surface area contributed by atoms with E-state index in [4.69, 9.17) is 4.74 Å². The van der Waals surface area contributed by atoms with Gasteiger partial charge in [0.25, 0.3) is 0 Å². The van der Waals surface area contributed by atoms with Gasteiger partial charge in [0.2, 0.25) is 5.88 Å². The first-order valence-corrected chi connectivity index (χ1v) is 7.13. The number of nitrogens with one attached hydrogen (secondary N) is 1. The van der Waals surface area contributed by atoms with E-state index >= 15 is 0 Å². The highest BCUT2D eigenvalue weighted by Gasteiger charge is 2.28. The zero-order valence-electron chi connectivity index (χ0n) is 11.9. The Hall–Kier alpha value is -2.10. The number of hydrogen-bond donors (Lipinski definition) is 1. The van der Waals surface area contributed by atoms with Gasteiger partial charge < -0.3 is 10.1 Å². The van der Waals surface area contributed by atoms with Crippen molar-refractivity contribution in [1.82, 2.24) is 9.97 Å². The molecule has 20 heavy (non-hydrogen) atoms. The van der Waals surface area contributed by atoms with E-state index in [1.807, 2.05) is 37.3 Å². The maximum absolute atomic E-state index is 5.92. The van der Waals surface area contributed by atoms with Crippen LogP contribution in [0.15, 0.2) is 30.3 Å². The first kappa shape index (κ1) is 12.9. The summed E-state index contributed by atoms with van der Waals surface area (Å²) in [6.45, 7) is 4.90. The van der Waals surface area contributed by atoms with Crippen LogP contribution in [0.25, 0.3) is 0 Å². The molecule has 0 unspecified atom stereocenters. The third kappa shape index (κ3) is 2.74. The van der Waals surface area contributed by atoms with Crippen LogP contribution >= 0.6 is 0 Å². The number of rotatable bonds is 5. The average Bonchev–Trinajstić information content (AvgIpc) is 3.29. The lowest BCUT2D eigenvalue weighted by Gasteiger charge is -2.13. The first-order chi connectivity index (χ1) is 9.78. The van der Waals surface area contributed by atoms with Crippen LogP contribution in [0.4, 0.5) is 5.82 Å². The van der Waals surface area contributed by atoms with Gasteiger partial charge in [-0.2, -0.15) is 4.98 Å². The minimum absolute atomic E-state index is 0.506. The summed E-state index contributed by atoms with van der Waals surface area (Å²) in [4.78, 5) is 9.22. The Morgan fingerprint density at radius 1 is 1.20 bits per heavy atom. The molecule has 104 valence electrons. The van der Waals surface area contributed by atoms with E-state index < -0.39 is 0 Å². The van der Waals surface area contributed by atoms with Gasteiger partial charge >= 0.3 is 0 Å². The van der Waals surface area contributed by atoms with Crippen molar-refractivity contribution in [2.24, 2.45) is 0 Å². The third-order valence-electron chi connectivity index (χ3n) is 3.36. The van der Waals surface area contributed by atoms with E-state index in [0.717, 1.165) is 29.5 Å². The van der Waals surface area contributed by atoms with Gasteiger partial charge in [-0.25, -0.2) is 4.98 Å². The van der Waals surface area contributed by atoms with Crippen LogP contribution in [0.2, 0.25) is 0 Å². The largest absolute Gasteiger partial charge is 0.439 e. The zero-order chi connectivity index (χ0) is 13.9. The van der Waals surface area contributed by atoms with Crippen LogP contribution in [0, 0.1) is 6.92 Å². The fourth-order valence-electron chi connectivity index (χ4n) is 2.08. The van der Waals surface area contributed by atoms with Gasteiger partial charge in [0, 0.05) is 12.5 Å². The number of anilines is 1. The summed E-state index contributed by atoms with van der Waals surface area (Å²) in [5, 5.41) is 3.29. The van der Waals surface area contributed by atoms with Crippen LogP contribution in [0.5, 0.6) is 11.6 Å². The molecule has 1 N–H and O–H groups in total. The summed E-state index contributed by atoms with van der Waals surface area (Å²) in [5.74, 6) is 3.75. The molecule has 0 spiro atoms. The molecule has 0 aliphatic heterocycles. The van der Waals surface area contributed by atoms with Crippen molar-refractivity contribution in [2.45, 2.75) is 32.6 Å². The number of aromatic nitrogens is 2. The molecule has 3 rings (SSSR count). The lowest BCUT2D eigenvalue weighted by atomic mass is 10.3. The maximum atomic E-state index is 5.92. The number of nitrogens with zero attached hydrogens (tertiary/aromatic N) is 2. The fraction of sp³-hybridized carbons (Fsp3) is 0.375. The maximum Gasteiger partial charge on any atom is 0.227 e. The predicted octanol–water partition coefficient (Wildman–Crippen LogP) is 3.89. The summed E-state index contributed by atoms with van der Waals surface area (Å²) in [6, 6.07) is 9.76. The number of hydrogen-bond acceptors (Lipinski definition) is 4. The van der Waals surface area contributed by atoms with Crippen molar-refractivity contribution in [2.75, 3.05) is 11.9 Å². The van der Waals surface area contributed by atoms with Gasteiger partial charge in [0.15, 0.2) is 0 Å². The summed E-state index contributed by atoms with van der Waals surface area (Å²) >= 11 is 0. The molecular weight excluding hydrogens is 250 g/mol. The highest BCUT2D eigenvalue weighted by atomic mass is 16.5. The van der Waals surface area contributed by atoms with Crippen LogP contribution in [0.3, 0.4) is 0 Å². The van der Waals surface area contributed by atoms with Gasteiger partial charge in [0.05, 0.1) is 5.56 Å². The van der Waals surface area contributed by atoms with Crippen LogP contribution in [0.1, 0.15) is 37.1 Å². The van der Waals surface area contributed by atoms with Crippen molar-refractivity contribution in [3.05, 3.63) is 41.7 Å². The molecule has 4 heteroatoms. The first-order valence-electron chi connectivity index (χ1n) is 7.13. The standard InChI is InChI=1S/C16H19N3O/c1-3-17-14-11(2)16(19-15(18-14)12-9-10-12)20-13-7-5-4-6-8-13/h4-8,12H,3,9-10H2,1-2H3,(H,17,18,19). The minimum atomic E-state index is 0.506. The Labute approximate surface area is 119 Å². The Morgan fingerprint density at radius 2 is 1.95 bits per heavy atom. The highest BCUT2D eigenvalue weighted by molar-refractivity contribution is 5.50. The number of para-hydroxylation sites is 1. The van der Waals surface area contributed by atoms with E-state index in [1.54, 1.807) is 0 Å². The summed E-state index contributed by atoms with van der Waals surface area (Å²) in [7, 11) is 0. The van der Waals surface area contributed by atoms with Crippen LogP contribution in [-0.2, 0) is 0 Å². The van der Waals surface area contributed by atoms with E-state index in [0.29, 0.717) is 11.8 Å². The predicted molar refractivity (Wildman–Crippen MR) is 79.4 cm³/mol. The second kappa shape index (κ2) is 5.49. The molecule has 1 saturated carbocycles. The van der Waals surface area contributed by atoms with Crippen molar-refractivity contribution >= 4 is 5.82 Å². The molecule has 1 fully saturated rings. The van der Waals surface area contributed by atoms with Gasteiger partial charge in [-0.05, 0) is 38.8 Å². The molecule has 1 heterocycles. The summed E-state index contributed by atoms with van der Waals surface area (Å²) in [6.07, 6.45) is 2.36. The van der Waals surface area contributed by atoms with Crippen molar-refractivity contribution in [1.29, 1.82) is 0 Å². The minimum Gasteiger partial charge on any atom is -0.439 e. The van der Waals surface area contributed by atoms with Crippen LogP contribution < -0.4 is 10.1 Å². The molecule has 1 aliphatic carbocycles. The second-order valence-corrected chi connectivity index (χ2v) is 5.08. The lowest BCUT2D eigenvalue weighted by Crippen LogP contribution is -2.07. The number of benzene rings is 1. The quantitative estimate of drug-likeness (QED) is 0.894. The molecule has 1 aromatic carbocycles. The zero-order valence-corrected chi connectivity index (χ0v) is 11.9. The van der Waals surface area contributed by atoms with E-state index in [-0.39, 0.29) is 0 Å². The monoisotopic (exact) mass is 269 g/mol. The summed E-state index contributed by atoms with van der Waals surface area (Å²) < 4.78 is 5.92. The molecule has 0 saturated heterocycles. The smallest absolute Gasteiger partial charge is 0.227 e. The Kier molecular flexibility index (Phi) is 3.54. The normalized spacial score (nSPS) is 14.1. The van der Waals surface area contributed by atoms with Gasteiger partial charge in [0.1, 0.15) is 17.4 Å². The molecule has 2 aromatic rings. The average molecular weight is 269 g/mol.